The first-order valence-corrected chi connectivity index (χ1v) is 7.64. The molecule has 0 radical (unpaired) electrons. The molecule has 6 nitrogen and oxygen atoms in total. The van der Waals surface area contributed by atoms with Crippen LogP contribution >= 0.6 is 11.3 Å². The lowest BCUT2D eigenvalue weighted by Gasteiger charge is -2.10. The molecule has 0 aromatic carbocycles. The van der Waals surface area contributed by atoms with Gasteiger partial charge in [-0.15, -0.1) is 11.3 Å². The minimum Gasteiger partial charge on any atom is -0.478 e. The first-order chi connectivity index (χ1) is 10.6. The Morgan fingerprint density at radius 1 is 1.36 bits per heavy atom. The highest BCUT2D eigenvalue weighted by molar-refractivity contribution is 7.13. The molecule has 0 amide bonds. The number of carboxylic acid groups (broad SMARTS) is 1. The van der Waals surface area contributed by atoms with Crippen molar-refractivity contribution >= 4 is 17.3 Å². The molecule has 3 aromatic rings. The fourth-order valence-corrected chi connectivity index (χ4v) is 2.94. The lowest BCUT2D eigenvalue weighted by atomic mass is 10.1. The molecule has 0 fully saturated rings. The monoisotopic (exact) mass is 314 g/mol. The van der Waals surface area contributed by atoms with E-state index in [2.05, 4.69) is 15.1 Å². The lowest BCUT2D eigenvalue weighted by molar-refractivity contribution is 0.0695. The zero-order valence-corrected chi connectivity index (χ0v) is 12.9. The molecule has 0 saturated heterocycles. The van der Waals surface area contributed by atoms with E-state index in [1.807, 2.05) is 37.4 Å². The molecule has 0 unspecified atom stereocenters. The number of hydrogen-bond donors (Lipinski definition) is 1. The molecular weight excluding hydrogens is 300 g/mol. The maximum Gasteiger partial charge on any atom is 0.339 e. The molecule has 3 heterocycles. The largest absolute Gasteiger partial charge is 0.478 e. The van der Waals surface area contributed by atoms with Gasteiger partial charge in [0.1, 0.15) is 5.56 Å². The van der Waals surface area contributed by atoms with Crippen molar-refractivity contribution in [2.45, 2.75) is 19.8 Å². The average Bonchev–Trinajstić information content (AvgIpc) is 3.17. The van der Waals surface area contributed by atoms with Crippen molar-refractivity contribution < 1.29 is 9.90 Å². The highest BCUT2D eigenvalue weighted by Crippen LogP contribution is 2.25. The Balaban J connectivity index is 2.12. The summed E-state index contributed by atoms with van der Waals surface area (Å²) >= 11 is 1.59. The molecule has 112 valence electrons. The van der Waals surface area contributed by atoms with Crippen molar-refractivity contribution in [1.82, 2.24) is 19.7 Å². The van der Waals surface area contributed by atoms with Crippen molar-refractivity contribution in [3.63, 3.8) is 0 Å². The molecule has 22 heavy (non-hydrogen) atoms. The third kappa shape index (κ3) is 2.50. The zero-order valence-electron chi connectivity index (χ0n) is 12.1. The Kier molecular flexibility index (Phi) is 3.72. The third-order valence-corrected chi connectivity index (χ3v) is 4.08. The van der Waals surface area contributed by atoms with E-state index in [-0.39, 0.29) is 11.5 Å². The Bertz CT molecular complexity index is 809. The predicted octanol–water partition coefficient (Wildman–Crippen LogP) is 3.21. The number of carboxylic acids is 1. The maximum absolute atomic E-state index is 11.3. The van der Waals surface area contributed by atoms with E-state index in [0.717, 1.165) is 10.6 Å². The molecule has 3 aromatic heterocycles. The Labute approximate surface area is 131 Å². The molecule has 0 saturated carbocycles. The van der Waals surface area contributed by atoms with E-state index >= 15 is 0 Å². The topological polar surface area (TPSA) is 80.9 Å². The van der Waals surface area contributed by atoms with Gasteiger partial charge in [0.2, 0.25) is 0 Å². The first kappa shape index (κ1) is 14.4. The molecule has 1 N–H and O–H groups in total. The number of carbonyl (C=O) groups is 1. The van der Waals surface area contributed by atoms with Gasteiger partial charge in [0.15, 0.2) is 0 Å². The van der Waals surface area contributed by atoms with Gasteiger partial charge < -0.3 is 5.11 Å². The average molecular weight is 314 g/mol. The SMILES string of the molecule is CC(C)c1c(C(=O)O)cnn1-c1nccc(-c2cccs2)n1. The standard InChI is InChI=1S/C15H14N4O2S/c1-9(2)13-10(14(20)21)8-17-19(13)15-16-6-5-11(18-15)12-4-3-7-22-12/h3-9H,1-2H3,(H,20,21). The Hall–Kier alpha value is -2.54. The van der Waals surface area contributed by atoms with Crippen LogP contribution in [0, 0.1) is 0 Å². The predicted molar refractivity (Wildman–Crippen MR) is 83.5 cm³/mol. The van der Waals surface area contributed by atoms with E-state index in [1.165, 1.54) is 10.9 Å². The molecule has 3 rings (SSSR count). The lowest BCUT2D eigenvalue weighted by Crippen LogP contribution is -2.11. The van der Waals surface area contributed by atoms with E-state index in [9.17, 15) is 9.90 Å². The summed E-state index contributed by atoms with van der Waals surface area (Å²) in [6.45, 7) is 3.84. The second-order valence-corrected chi connectivity index (χ2v) is 5.98. The van der Waals surface area contributed by atoms with Gasteiger partial charge in [0.05, 0.1) is 22.5 Å². The maximum atomic E-state index is 11.3. The number of aromatic nitrogens is 4. The highest BCUT2D eigenvalue weighted by atomic mass is 32.1. The van der Waals surface area contributed by atoms with Crippen LogP contribution in [0.15, 0.2) is 36.0 Å². The summed E-state index contributed by atoms with van der Waals surface area (Å²) in [7, 11) is 0. The number of rotatable bonds is 4. The summed E-state index contributed by atoms with van der Waals surface area (Å²) in [6, 6.07) is 5.76. The van der Waals surface area contributed by atoms with Gasteiger partial charge in [-0.2, -0.15) is 5.10 Å². The van der Waals surface area contributed by atoms with E-state index in [0.29, 0.717) is 11.6 Å². The molecule has 0 spiro atoms. The molecule has 0 atom stereocenters. The van der Waals surface area contributed by atoms with Crippen molar-refractivity contribution in [3.8, 4) is 16.5 Å². The minimum atomic E-state index is -0.996. The van der Waals surface area contributed by atoms with E-state index in [1.54, 1.807) is 17.5 Å². The molecule has 7 heteroatoms. The summed E-state index contributed by atoms with van der Waals surface area (Å²) in [4.78, 5) is 21.1. The first-order valence-electron chi connectivity index (χ1n) is 6.76. The van der Waals surface area contributed by atoms with Crippen LogP contribution in [0.1, 0.15) is 35.8 Å². The second kappa shape index (κ2) is 5.69. The fourth-order valence-electron chi connectivity index (χ4n) is 2.25. The van der Waals surface area contributed by atoms with Crippen LogP contribution in [0.5, 0.6) is 0 Å². The van der Waals surface area contributed by atoms with Crippen LogP contribution in [-0.4, -0.2) is 30.8 Å². The normalized spacial score (nSPS) is 11.0. The highest BCUT2D eigenvalue weighted by Gasteiger charge is 2.21. The van der Waals surface area contributed by atoms with Crippen LogP contribution in [-0.2, 0) is 0 Å². The van der Waals surface area contributed by atoms with Crippen molar-refractivity contribution in [3.05, 3.63) is 47.2 Å². The van der Waals surface area contributed by atoms with Crippen molar-refractivity contribution in [2.75, 3.05) is 0 Å². The summed E-state index contributed by atoms with van der Waals surface area (Å²) in [5.74, 6) is -0.631. The van der Waals surface area contributed by atoms with E-state index < -0.39 is 5.97 Å². The Morgan fingerprint density at radius 3 is 2.82 bits per heavy atom. The van der Waals surface area contributed by atoms with Crippen LogP contribution in [0.2, 0.25) is 0 Å². The van der Waals surface area contributed by atoms with Gasteiger partial charge in [-0.3, -0.25) is 0 Å². The molecule has 0 aliphatic heterocycles. The molecule has 0 aliphatic carbocycles. The summed E-state index contributed by atoms with van der Waals surface area (Å²) in [5.41, 5.74) is 1.57. The molecule has 0 bridgehead atoms. The number of aromatic carboxylic acids is 1. The number of nitrogens with zero attached hydrogens (tertiary/aromatic N) is 4. The van der Waals surface area contributed by atoms with Gasteiger partial charge in [-0.1, -0.05) is 19.9 Å². The van der Waals surface area contributed by atoms with Crippen LogP contribution in [0.4, 0.5) is 0 Å². The summed E-state index contributed by atoms with van der Waals surface area (Å²) < 4.78 is 1.51. The van der Waals surface area contributed by atoms with Crippen molar-refractivity contribution in [1.29, 1.82) is 0 Å². The number of hydrogen-bond acceptors (Lipinski definition) is 5. The summed E-state index contributed by atoms with van der Waals surface area (Å²) in [5, 5.41) is 15.4. The molecule has 0 aliphatic rings. The van der Waals surface area contributed by atoms with Crippen LogP contribution in [0.25, 0.3) is 16.5 Å². The fraction of sp³-hybridized carbons (Fsp3) is 0.200. The van der Waals surface area contributed by atoms with Gasteiger partial charge in [-0.05, 0) is 23.4 Å². The smallest absolute Gasteiger partial charge is 0.339 e. The summed E-state index contributed by atoms with van der Waals surface area (Å²) in [6.07, 6.45) is 3.00. The van der Waals surface area contributed by atoms with Gasteiger partial charge in [0.25, 0.3) is 5.95 Å². The van der Waals surface area contributed by atoms with Gasteiger partial charge in [-0.25, -0.2) is 19.4 Å². The van der Waals surface area contributed by atoms with Gasteiger partial charge >= 0.3 is 5.97 Å². The van der Waals surface area contributed by atoms with E-state index in [4.69, 9.17) is 0 Å². The quantitative estimate of drug-likeness (QED) is 0.799. The zero-order chi connectivity index (χ0) is 15.7. The third-order valence-electron chi connectivity index (χ3n) is 3.19. The molecular formula is C15H14N4O2S. The van der Waals surface area contributed by atoms with Crippen molar-refractivity contribution in [2.24, 2.45) is 0 Å². The van der Waals surface area contributed by atoms with Crippen LogP contribution < -0.4 is 0 Å². The van der Waals surface area contributed by atoms with Gasteiger partial charge in [0, 0.05) is 6.20 Å². The minimum absolute atomic E-state index is 0.0115. The Morgan fingerprint density at radius 2 is 2.18 bits per heavy atom. The second-order valence-electron chi connectivity index (χ2n) is 5.03. The number of thiophene rings is 1. The van der Waals surface area contributed by atoms with Crippen LogP contribution in [0.3, 0.4) is 0 Å².